The van der Waals surface area contributed by atoms with Crippen LogP contribution < -0.4 is 5.32 Å². The Balaban J connectivity index is 2.26. The summed E-state index contributed by atoms with van der Waals surface area (Å²) in [6.45, 7) is 3.07. The van der Waals surface area contributed by atoms with Gasteiger partial charge < -0.3 is 5.32 Å². The zero-order valence-corrected chi connectivity index (χ0v) is 14.8. The third kappa shape index (κ3) is 4.68. The molecule has 1 heterocycles. The third-order valence-corrected chi connectivity index (χ3v) is 4.42. The molecule has 1 N–H and O–H groups in total. The Kier molecular flexibility index (Phi) is 6.49. The maximum atomic E-state index is 6.33. The summed E-state index contributed by atoms with van der Waals surface area (Å²) in [4.78, 5) is 4.05. The van der Waals surface area contributed by atoms with Crippen LogP contribution in [0.5, 0.6) is 0 Å². The summed E-state index contributed by atoms with van der Waals surface area (Å²) in [5, 5.41) is 4.98. The van der Waals surface area contributed by atoms with Crippen molar-refractivity contribution < 1.29 is 0 Å². The molecule has 1 aromatic heterocycles. The van der Waals surface area contributed by atoms with E-state index in [1.54, 1.807) is 12.4 Å². The van der Waals surface area contributed by atoms with Crippen LogP contribution in [0.4, 0.5) is 0 Å². The highest BCUT2D eigenvalue weighted by Gasteiger charge is 2.16. The van der Waals surface area contributed by atoms with Crippen molar-refractivity contribution in [2.45, 2.75) is 25.8 Å². The Morgan fingerprint density at radius 2 is 2.05 bits per heavy atom. The van der Waals surface area contributed by atoms with Gasteiger partial charge >= 0.3 is 0 Å². The van der Waals surface area contributed by atoms with E-state index in [1.165, 1.54) is 0 Å². The topological polar surface area (TPSA) is 24.9 Å². The molecule has 21 heavy (non-hydrogen) atoms. The molecule has 0 saturated heterocycles. The highest BCUT2D eigenvalue weighted by molar-refractivity contribution is 9.10. The molecule has 2 aromatic rings. The average molecular weight is 388 g/mol. The lowest BCUT2D eigenvalue weighted by Crippen LogP contribution is -2.24. The molecule has 5 heteroatoms. The van der Waals surface area contributed by atoms with Gasteiger partial charge in [-0.1, -0.05) is 52.1 Å². The number of pyridine rings is 1. The minimum Gasteiger partial charge on any atom is -0.310 e. The zero-order valence-electron chi connectivity index (χ0n) is 11.7. The van der Waals surface area contributed by atoms with E-state index in [2.05, 4.69) is 33.2 Å². The van der Waals surface area contributed by atoms with Crippen molar-refractivity contribution in [1.29, 1.82) is 0 Å². The minimum absolute atomic E-state index is 0.124. The van der Waals surface area contributed by atoms with Crippen LogP contribution in [0, 0.1) is 0 Å². The second kappa shape index (κ2) is 8.14. The van der Waals surface area contributed by atoms with Gasteiger partial charge in [0.05, 0.1) is 5.02 Å². The van der Waals surface area contributed by atoms with Gasteiger partial charge in [0.15, 0.2) is 0 Å². The Hall–Kier alpha value is -0.610. The van der Waals surface area contributed by atoms with Crippen LogP contribution in [-0.2, 0) is 6.42 Å². The SMILES string of the molecule is CCCNC(Cc1ccc(Br)cc1Cl)c1ccncc1Cl. The van der Waals surface area contributed by atoms with Gasteiger partial charge in [-0.3, -0.25) is 4.98 Å². The molecule has 1 atom stereocenters. The molecule has 0 saturated carbocycles. The summed E-state index contributed by atoms with van der Waals surface area (Å²) in [5.41, 5.74) is 2.15. The lowest BCUT2D eigenvalue weighted by Gasteiger charge is -2.20. The fourth-order valence-electron chi connectivity index (χ4n) is 2.19. The van der Waals surface area contributed by atoms with E-state index in [4.69, 9.17) is 23.2 Å². The molecule has 2 nitrogen and oxygen atoms in total. The smallest absolute Gasteiger partial charge is 0.0637 e. The van der Waals surface area contributed by atoms with Gasteiger partial charge in [0, 0.05) is 27.9 Å². The zero-order chi connectivity index (χ0) is 15.2. The first-order valence-electron chi connectivity index (χ1n) is 6.88. The number of benzene rings is 1. The van der Waals surface area contributed by atoms with Crippen molar-refractivity contribution in [3.05, 3.63) is 62.3 Å². The lowest BCUT2D eigenvalue weighted by atomic mass is 9.99. The van der Waals surface area contributed by atoms with E-state index in [1.807, 2.05) is 24.3 Å². The van der Waals surface area contributed by atoms with Crippen molar-refractivity contribution >= 4 is 39.1 Å². The molecule has 0 radical (unpaired) electrons. The number of hydrogen-bond acceptors (Lipinski definition) is 2. The highest BCUT2D eigenvalue weighted by Crippen LogP contribution is 2.29. The molecule has 0 bridgehead atoms. The van der Waals surface area contributed by atoms with Gasteiger partial charge in [-0.25, -0.2) is 0 Å². The van der Waals surface area contributed by atoms with E-state index >= 15 is 0 Å². The summed E-state index contributed by atoms with van der Waals surface area (Å²) in [7, 11) is 0. The van der Waals surface area contributed by atoms with Gasteiger partial charge in [-0.05, 0) is 48.7 Å². The molecule has 0 amide bonds. The fraction of sp³-hybridized carbons (Fsp3) is 0.312. The summed E-state index contributed by atoms with van der Waals surface area (Å²) in [6.07, 6.45) is 5.30. The Bertz CT molecular complexity index is 605. The number of hydrogen-bond donors (Lipinski definition) is 1. The molecule has 1 aromatic carbocycles. The molecule has 0 aliphatic heterocycles. The van der Waals surface area contributed by atoms with Crippen molar-refractivity contribution in [1.82, 2.24) is 10.3 Å². The normalized spacial score (nSPS) is 12.4. The van der Waals surface area contributed by atoms with Crippen molar-refractivity contribution in [2.24, 2.45) is 0 Å². The van der Waals surface area contributed by atoms with Crippen LogP contribution in [0.3, 0.4) is 0 Å². The van der Waals surface area contributed by atoms with E-state index in [-0.39, 0.29) is 6.04 Å². The van der Waals surface area contributed by atoms with Gasteiger partial charge in [-0.15, -0.1) is 0 Å². The first kappa shape index (κ1) is 16.8. The monoisotopic (exact) mass is 386 g/mol. The van der Waals surface area contributed by atoms with E-state index < -0.39 is 0 Å². The number of halogens is 3. The summed E-state index contributed by atoms with van der Waals surface area (Å²) < 4.78 is 0.983. The molecule has 0 aliphatic carbocycles. The van der Waals surface area contributed by atoms with E-state index in [0.29, 0.717) is 5.02 Å². The molecule has 112 valence electrons. The number of rotatable bonds is 6. The van der Waals surface area contributed by atoms with Crippen LogP contribution in [-0.4, -0.2) is 11.5 Å². The first-order chi connectivity index (χ1) is 10.1. The summed E-state index contributed by atoms with van der Waals surface area (Å²) in [6, 6.07) is 8.05. The maximum absolute atomic E-state index is 6.33. The van der Waals surface area contributed by atoms with Crippen molar-refractivity contribution in [3.63, 3.8) is 0 Å². The minimum atomic E-state index is 0.124. The van der Waals surface area contributed by atoms with E-state index in [9.17, 15) is 0 Å². The third-order valence-electron chi connectivity index (χ3n) is 3.26. The average Bonchev–Trinajstić information content (AvgIpc) is 2.46. The van der Waals surface area contributed by atoms with Gasteiger partial charge in [0.2, 0.25) is 0 Å². The second-order valence-corrected chi connectivity index (χ2v) is 6.57. The highest BCUT2D eigenvalue weighted by atomic mass is 79.9. The van der Waals surface area contributed by atoms with Gasteiger partial charge in [0.1, 0.15) is 0 Å². The van der Waals surface area contributed by atoms with Gasteiger partial charge in [0.25, 0.3) is 0 Å². The predicted molar refractivity (Wildman–Crippen MR) is 93.1 cm³/mol. The van der Waals surface area contributed by atoms with E-state index in [0.717, 1.165) is 40.0 Å². The lowest BCUT2D eigenvalue weighted by molar-refractivity contribution is 0.529. The molecule has 0 fully saturated rings. The van der Waals surface area contributed by atoms with Crippen LogP contribution >= 0.6 is 39.1 Å². The molecule has 0 spiro atoms. The predicted octanol–water partition coefficient (Wildman–Crippen LogP) is 5.43. The van der Waals surface area contributed by atoms with Crippen molar-refractivity contribution in [3.8, 4) is 0 Å². The Morgan fingerprint density at radius 1 is 1.24 bits per heavy atom. The standard InChI is InChI=1S/C16H17BrCl2N2/c1-2-6-21-16(13-5-7-20-10-15(13)19)8-11-3-4-12(17)9-14(11)18/h3-5,7,9-10,16,21H,2,6,8H2,1H3. The first-order valence-corrected chi connectivity index (χ1v) is 8.43. The molecule has 0 aliphatic rings. The maximum Gasteiger partial charge on any atom is 0.0637 e. The Labute approximate surface area is 144 Å². The molecular weight excluding hydrogens is 371 g/mol. The number of nitrogens with zero attached hydrogens (tertiary/aromatic N) is 1. The fourth-order valence-corrected chi connectivity index (χ4v) is 3.19. The van der Waals surface area contributed by atoms with Crippen LogP contribution in [0.25, 0.3) is 0 Å². The molecule has 1 unspecified atom stereocenters. The molecule has 2 rings (SSSR count). The quantitative estimate of drug-likeness (QED) is 0.714. The summed E-state index contributed by atoms with van der Waals surface area (Å²) >= 11 is 16.0. The van der Waals surface area contributed by atoms with Gasteiger partial charge in [-0.2, -0.15) is 0 Å². The summed E-state index contributed by atoms with van der Waals surface area (Å²) in [5.74, 6) is 0. The Morgan fingerprint density at radius 3 is 2.71 bits per heavy atom. The van der Waals surface area contributed by atoms with Crippen molar-refractivity contribution in [2.75, 3.05) is 6.54 Å². The number of aromatic nitrogens is 1. The van der Waals surface area contributed by atoms with Crippen LogP contribution in [0.2, 0.25) is 10.0 Å². The largest absolute Gasteiger partial charge is 0.310 e. The second-order valence-electron chi connectivity index (χ2n) is 4.84. The number of nitrogens with one attached hydrogen (secondary N) is 1. The van der Waals surface area contributed by atoms with Crippen LogP contribution in [0.1, 0.15) is 30.5 Å². The molecular formula is C16H17BrCl2N2. The van der Waals surface area contributed by atoms with Crippen LogP contribution in [0.15, 0.2) is 41.1 Å².